The van der Waals surface area contributed by atoms with Crippen molar-refractivity contribution in [2.45, 2.75) is 32.6 Å². The molecule has 0 saturated heterocycles. The minimum Gasteiger partial charge on any atom is -0.493 e. The summed E-state index contributed by atoms with van der Waals surface area (Å²) in [7, 11) is 0. The van der Waals surface area contributed by atoms with Crippen LogP contribution in [0.2, 0.25) is 0 Å². The summed E-state index contributed by atoms with van der Waals surface area (Å²) >= 11 is 5.05. The fourth-order valence-electron chi connectivity index (χ4n) is 2.69. The Kier molecular flexibility index (Phi) is 6.46. The quantitative estimate of drug-likeness (QED) is 0.561. The van der Waals surface area contributed by atoms with E-state index in [1.807, 2.05) is 24.3 Å². The second-order valence-electron chi connectivity index (χ2n) is 5.75. The van der Waals surface area contributed by atoms with E-state index in [2.05, 4.69) is 11.8 Å². The third kappa shape index (κ3) is 4.97. The molecule has 0 radical (unpaired) electrons. The molecule has 1 aromatic rings. The molecule has 2 N–H and O–H groups in total. The van der Waals surface area contributed by atoms with E-state index in [-0.39, 0.29) is 0 Å². The van der Waals surface area contributed by atoms with Gasteiger partial charge in [0.1, 0.15) is 10.7 Å². The summed E-state index contributed by atoms with van der Waals surface area (Å²) in [5.41, 5.74) is 6.54. The van der Waals surface area contributed by atoms with Crippen molar-refractivity contribution in [3.8, 4) is 5.75 Å². The van der Waals surface area contributed by atoms with Crippen molar-refractivity contribution in [2.75, 3.05) is 26.2 Å². The van der Waals surface area contributed by atoms with E-state index in [0.29, 0.717) is 11.6 Å². The fraction of sp³-hybridized carbons (Fsp3) is 0.588. The average molecular weight is 306 g/mol. The molecular formula is C17H26N2OS. The van der Waals surface area contributed by atoms with Crippen molar-refractivity contribution in [1.82, 2.24) is 4.90 Å². The zero-order valence-corrected chi connectivity index (χ0v) is 13.7. The largest absolute Gasteiger partial charge is 0.493 e. The van der Waals surface area contributed by atoms with Gasteiger partial charge >= 0.3 is 0 Å². The topological polar surface area (TPSA) is 38.5 Å². The molecule has 0 amide bonds. The van der Waals surface area contributed by atoms with Crippen LogP contribution in [0.4, 0.5) is 0 Å². The van der Waals surface area contributed by atoms with Crippen LogP contribution < -0.4 is 10.5 Å². The van der Waals surface area contributed by atoms with Crippen molar-refractivity contribution >= 4 is 17.2 Å². The summed E-state index contributed by atoms with van der Waals surface area (Å²) < 4.78 is 5.84. The monoisotopic (exact) mass is 306 g/mol. The highest BCUT2D eigenvalue weighted by atomic mass is 32.1. The first-order chi connectivity index (χ1) is 10.2. The third-order valence-electron chi connectivity index (χ3n) is 4.22. The van der Waals surface area contributed by atoms with Gasteiger partial charge in [0.2, 0.25) is 0 Å². The number of benzene rings is 1. The normalized spacial score (nSPS) is 15.0. The van der Waals surface area contributed by atoms with Crippen LogP contribution in [0.3, 0.4) is 0 Å². The Morgan fingerprint density at radius 2 is 2.14 bits per heavy atom. The van der Waals surface area contributed by atoms with Crippen LogP contribution in [-0.2, 0) is 0 Å². The highest BCUT2D eigenvalue weighted by Gasteiger charge is 2.19. The molecule has 0 heterocycles. The highest BCUT2D eigenvalue weighted by molar-refractivity contribution is 7.80. The molecule has 0 aliphatic heterocycles. The van der Waals surface area contributed by atoms with Gasteiger partial charge in [0, 0.05) is 13.1 Å². The van der Waals surface area contributed by atoms with Crippen molar-refractivity contribution in [1.29, 1.82) is 0 Å². The molecule has 0 aromatic heterocycles. The van der Waals surface area contributed by atoms with E-state index in [4.69, 9.17) is 22.7 Å². The lowest BCUT2D eigenvalue weighted by molar-refractivity contribution is 0.172. The average Bonchev–Trinajstić information content (AvgIpc) is 2.45. The fourth-order valence-corrected chi connectivity index (χ4v) is 2.85. The molecule has 116 valence electrons. The van der Waals surface area contributed by atoms with Gasteiger partial charge in [-0.3, -0.25) is 0 Å². The van der Waals surface area contributed by atoms with Gasteiger partial charge in [0.05, 0.1) is 12.2 Å². The lowest BCUT2D eigenvalue weighted by Gasteiger charge is -2.31. The molecule has 1 saturated carbocycles. The maximum atomic E-state index is 5.84. The summed E-state index contributed by atoms with van der Waals surface area (Å²) in [6.07, 6.45) is 5.27. The molecule has 21 heavy (non-hydrogen) atoms. The summed E-state index contributed by atoms with van der Waals surface area (Å²) in [5, 5.41) is 0. The third-order valence-corrected chi connectivity index (χ3v) is 4.44. The maximum Gasteiger partial charge on any atom is 0.129 e. The van der Waals surface area contributed by atoms with Crippen molar-refractivity contribution in [2.24, 2.45) is 11.7 Å². The second kappa shape index (κ2) is 8.35. The first kappa shape index (κ1) is 16.2. The van der Waals surface area contributed by atoms with Gasteiger partial charge in [0.15, 0.2) is 0 Å². The molecule has 0 unspecified atom stereocenters. The van der Waals surface area contributed by atoms with E-state index in [1.165, 1.54) is 25.8 Å². The highest BCUT2D eigenvalue weighted by Crippen LogP contribution is 2.27. The first-order valence-corrected chi connectivity index (χ1v) is 8.35. The van der Waals surface area contributed by atoms with Gasteiger partial charge in [-0.05, 0) is 43.9 Å². The van der Waals surface area contributed by atoms with E-state index in [1.54, 1.807) is 0 Å². The number of thiocarbonyl (C=S) groups is 1. The number of nitrogens with two attached hydrogens (primary N) is 1. The van der Waals surface area contributed by atoms with Crippen LogP contribution >= 0.6 is 12.2 Å². The molecule has 0 bridgehead atoms. The van der Waals surface area contributed by atoms with Crippen molar-refractivity contribution in [3.05, 3.63) is 29.8 Å². The van der Waals surface area contributed by atoms with Gasteiger partial charge in [0.25, 0.3) is 0 Å². The zero-order chi connectivity index (χ0) is 15.1. The molecule has 2 rings (SSSR count). The van der Waals surface area contributed by atoms with Crippen molar-refractivity contribution < 1.29 is 4.74 Å². The molecule has 0 spiro atoms. The van der Waals surface area contributed by atoms with Crippen LogP contribution in [0.1, 0.15) is 38.2 Å². The summed E-state index contributed by atoms with van der Waals surface area (Å²) in [6.45, 7) is 6.42. The number of para-hydroxylation sites is 1. The molecule has 1 fully saturated rings. The molecular weight excluding hydrogens is 280 g/mol. The first-order valence-electron chi connectivity index (χ1n) is 7.94. The van der Waals surface area contributed by atoms with E-state index in [9.17, 15) is 0 Å². The number of nitrogens with zero attached hydrogens (tertiary/aromatic N) is 1. The summed E-state index contributed by atoms with van der Waals surface area (Å²) in [4.78, 5) is 2.93. The van der Waals surface area contributed by atoms with Gasteiger partial charge in [-0.25, -0.2) is 0 Å². The standard InChI is InChI=1S/C17H26N2OS/c1-2-19(13-14-7-5-8-14)11-6-12-20-16-10-4-3-9-15(16)17(18)21/h3-4,9-10,14H,2,5-8,11-13H2,1H3,(H2,18,21). The van der Waals surface area contributed by atoms with Gasteiger partial charge in [-0.1, -0.05) is 37.7 Å². The minimum absolute atomic E-state index is 0.394. The lowest BCUT2D eigenvalue weighted by Crippen LogP contribution is -2.33. The Morgan fingerprint density at radius 1 is 1.38 bits per heavy atom. The number of hydrogen-bond donors (Lipinski definition) is 1. The number of ether oxygens (including phenoxy) is 1. The van der Waals surface area contributed by atoms with Crippen LogP contribution in [0.15, 0.2) is 24.3 Å². The number of rotatable bonds is 9. The minimum atomic E-state index is 0.394. The van der Waals surface area contributed by atoms with E-state index >= 15 is 0 Å². The van der Waals surface area contributed by atoms with E-state index < -0.39 is 0 Å². The summed E-state index contributed by atoms with van der Waals surface area (Å²) in [5.74, 6) is 1.73. The van der Waals surface area contributed by atoms with Crippen molar-refractivity contribution in [3.63, 3.8) is 0 Å². The van der Waals surface area contributed by atoms with Crippen LogP contribution in [-0.4, -0.2) is 36.1 Å². The smallest absolute Gasteiger partial charge is 0.129 e. The predicted molar refractivity (Wildman–Crippen MR) is 91.9 cm³/mol. The predicted octanol–water partition coefficient (Wildman–Crippen LogP) is 3.21. The lowest BCUT2D eigenvalue weighted by atomic mass is 9.85. The summed E-state index contributed by atoms with van der Waals surface area (Å²) in [6, 6.07) is 7.72. The molecule has 1 aliphatic rings. The second-order valence-corrected chi connectivity index (χ2v) is 6.19. The van der Waals surface area contributed by atoms with Gasteiger partial charge in [-0.2, -0.15) is 0 Å². The Labute approximate surface area is 133 Å². The SMILES string of the molecule is CCN(CCCOc1ccccc1C(N)=S)CC1CCC1. The molecule has 0 atom stereocenters. The molecule has 4 heteroatoms. The Balaban J connectivity index is 1.72. The van der Waals surface area contributed by atoms with Gasteiger partial charge < -0.3 is 15.4 Å². The van der Waals surface area contributed by atoms with Crippen LogP contribution in [0.25, 0.3) is 0 Å². The van der Waals surface area contributed by atoms with E-state index in [0.717, 1.165) is 36.7 Å². The molecule has 3 nitrogen and oxygen atoms in total. The van der Waals surface area contributed by atoms with Crippen LogP contribution in [0, 0.1) is 5.92 Å². The molecule has 1 aromatic carbocycles. The number of hydrogen-bond acceptors (Lipinski definition) is 3. The van der Waals surface area contributed by atoms with Crippen LogP contribution in [0.5, 0.6) is 5.75 Å². The Morgan fingerprint density at radius 3 is 2.76 bits per heavy atom. The maximum absolute atomic E-state index is 5.84. The zero-order valence-electron chi connectivity index (χ0n) is 12.9. The Hall–Kier alpha value is -1.13. The molecule has 1 aliphatic carbocycles. The van der Waals surface area contributed by atoms with Gasteiger partial charge in [-0.15, -0.1) is 0 Å². The Bertz CT molecular complexity index is 460.